The van der Waals surface area contributed by atoms with E-state index in [0.29, 0.717) is 12.1 Å². The zero-order valence-corrected chi connectivity index (χ0v) is 11.7. The molecule has 1 amide bonds. The number of pyridine rings is 1. The number of hydrogen-bond donors (Lipinski definition) is 0. The number of carbonyl (C=O) groups excluding carboxylic acids is 1. The van der Waals surface area contributed by atoms with Crippen molar-refractivity contribution in [3.8, 4) is 0 Å². The third-order valence-corrected chi connectivity index (χ3v) is 3.17. The third kappa shape index (κ3) is 2.93. The van der Waals surface area contributed by atoms with Gasteiger partial charge in [-0.25, -0.2) is 4.98 Å². The Labute approximate surface area is 117 Å². The molecule has 4 heteroatoms. The van der Waals surface area contributed by atoms with Gasteiger partial charge in [0.1, 0.15) is 5.15 Å². The molecule has 1 aromatic heterocycles. The van der Waals surface area contributed by atoms with Crippen molar-refractivity contribution in [1.82, 2.24) is 4.98 Å². The molecule has 1 aromatic carbocycles. The summed E-state index contributed by atoms with van der Waals surface area (Å²) >= 11 is 5.98. The topological polar surface area (TPSA) is 33.2 Å². The summed E-state index contributed by atoms with van der Waals surface area (Å²) in [6, 6.07) is 11.2. The van der Waals surface area contributed by atoms with Crippen LogP contribution in [0.15, 0.2) is 42.6 Å². The van der Waals surface area contributed by atoms with Gasteiger partial charge in [0.25, 0.3) is 5.91 Å². The van der Waals surface area contributed by atoms with E-state index in [1.807, 2.05) is 38.1 Å². The molecule has 0 fully saturated rings. The van der Waals surface area contributed by atoms with Gasteiger partial charge in [-0.1, -0.05) is 23.7 Å². The molecule has 0 radical (unpaired) electrons. The van der Waals surface area contributed by atoms with E-state index < -0.39 is 0 Å². The first-order chi connectivity index (χ1) is 9.13. The minimum Gasteiger partial charge on any atom is -0.309 e. The number of carbonyl (C=O) groups is 1. The van der Waals surface area contributed by atoms with Gasteiger partial charge in [0.05, 0.1) is 5.56 Å². The summed E-state index contributed by atoms with van der Waals surface area (Å²) in [5, 5.41) is 0.235. The molecule has 1 heterocycles. The predicted octanol–water partition coefficient (Wildman–Crippen LogP) is 3.71. The first-order valence-electron chi connectivity index (χ1n) is 6.12. The Morgan fingerprint density at radius 3 is 2.74 bits per heavy atom. The van der Waals surface area contributed by atoms with Gasteiger partial charge in [-0.2, -0.15) is 0 Å². The quantitative estimate of drug-likeness (QED) is 0.800. The maximum Gasteiger partial charge on any atom is 0.261 e. The van der Waals surface area contributed by atoms with Crippen LogP contribution in [0.5, 0.6) is 0 Å². The van der Waals surface area contributed by atoms with Crippen LogP contribution in [0.1, 0.15) is 22.8 Å². The van der Waals surface area contributed by atoms with Gasteiger partial charge >= 0.3 is 0 Å². The van der Waals surface area contributed by atoms with Gasteiger partial charge in [0, 0.05) is 18.4 Å². The second-order valence-corrected chi connectivity index (χ2v) is 4.59. The highest BCUT2D eigenvalue weighted by Gasteiger charge is 2.18. The van der Waals surface area contributed by atoms with Gasteiger partial charge in [-0.15, -0.1) is 0 Å². The van der Waals surface area contributed by atoms with E-state index in [2.05, 4.69) is 4.98 Å². The summed E-state index contributed by atoms with van der Waals surface area (Å²) in [5.74, 6) is -0.133. The number of rotatable bonds is 3. The molecule has 2 aromatic rings. The first kappa shape index (κ1) is 13.6. The summed E-state index contributed by atoms with van der Waals surface area (Å²) in [6.07, 6.45) is 1.57. The molecule has 0 aliphatic rings. The largest absolute Gasteiger partial charge is 0.309 e. The van der Waals surface area contributed by atoms with E-state index in [9.17, 15) is 4.79 Å². The van der Waals surface area contributed by atoms with Crippen LogP contribution in [0, 0.1) is 6.92 Å². The predicted molar refractivity (Wildman–Crippen MR) is 77.8 cm³/mol. The summed E-state index contributed by atoms with van der Waals surface area (Å²) in [4.78, 5) is 18.1. The van der Waals surface area contributed by atoms with Crippen LogP contribution in [-0.2, 0) is 0 Å². The molecule has 0 aliphatic heterocycles. The average molecular weight is 275 g/mol. The van der Waals surface area contributed by atoms with Crippen LogP contribution >= 0.6 is 11.6 Å². The van der Waals surface area contributed by atoms with Gasteiger partial charge in [0.2, 0.25) is 0 Å². The summed E-state index contributed by atoms with van der Waals surface area (Å²) < 4.78 is 0. The normalized spacial score (nSPS) is 10.3. The molecule has 0 saturated heterocycles. The van der Waals surface area contributed by atoms with Crippen molar-refractivity contribution in [2.24, 2.45) is 0 Å². The standard InChI is InChI=1S/C15H15ClN2O/c1-3-18(12-7-4-6-11(2)10-12)15(19)13-8-5-9-17-14(13)16/h4-10H,3H2,1-2H3. The zero-order valence-electron chi connectivity index (χ0n) is 10.9. The third-order valence-electron chi connectivity index (χ3n) is 2.86. The number of halogens is 1. The summed E-state index contributed by atoms with van der Waals surface area (Å²) in [5.41, 5.74) is 2.40. The van der Waals surface area contributed by atoms with Crippen molar-refractivity contribution in [3.63, 3.8) is 0 Å². The van der Waals surface area contributed by atoms with Gasteiger partial charge in [-0.3, -0.25) is 4.79 Å². The molecule has 0 bridgehead atoms. The molecule has 0 saturated carbocycles. The number of nitrogens with zero attached hydrogens (tertiary/aromatic N) is 2. The molecule has 0 unspecified atom stereocenters. The second-order valence-electron chi connectivity index (χ2n) is 4.23. The summed E-state index contributed by atoms with van der Waals surface area (Å²) in [6.45, 7) is 4.51. The van der Waals surface area contributed by atoms with Gasteiger partial charge in [-0.05, 0) is 43.7 Å². The van der Waals surface area contributed by atoms with Crippen LogP contribution in [0.3, 0.4) is 0 Å². The fraction of sp³-hybridized carbons (Fsp3) is 0.200. The maximum atomic E-state index is 12.5. The molecule has 0 atom stereocenters. The average Bonchev–Trinajstić information content (AvgIpc) is 2.40. The Morgan fingerprint density at radius 2 is 2.11 bits per heavy atom. The van der Waals surface area contributed by atoms with Crippen LogP contribution in [0.25, 0.3) is 0 Å². The number of hydrogen-bond acceptors (Lipinski definition) is 2. The first-order valence-corrected chi connectivity index (χ1v) is 6.50. The minimum atomic E-state index is -0.133. The Kier molecular flexibility index (Phi) is 4.17. The van der Waals surface area contributed by atoms with Crippen LogP contribution in [-0.4, -0.2) is 17.4 Å². The van der Waals surface area contributed by atoms with Crippen molar-refractivity contribution in [2.75, 3.05) is 11.4 Å². The van der Waals surface area contributed by atoms with Gasteiger partial charge in [0.15, 0.2) is 0 Å². The highest BCUT2D eigenvalue weighted by atomic mass is 35.5. The van der Waals surface area contributed by atoms with Crippen LogP contribution in [0.4, 0.5) is 5.69 Å². The molecular weight excluding hydrogens is 260 g/mol. The van der Waals surface area contributed by atoms with E-state index in [0.717, 1.165) is 11.3 Å². The van der Waals surface area contributed by atoms with Crippen molar-refractivity contribution >= 4 is 23.2 Å². The number of anilines is 1. The van der Waals surface area contributed by atoms with Gasteiger partial charge < -0.3 is 4.90 Å². The van der Waals surface area contributed by atoms with E-state index >= 15 is 0 Å². The number of aromatic nitrogens is 1. The molecule has 3 nitrogen and oxygen atoms in total. The van der Waals surface area contributed by atoms with Crippen LogP contribution in [0.2, 0.25) is 5.15 Å². The number of amides is 1. The smallest absolute Gasteiger partial charge is 0.261 e. The Balaban J connectivity index is 2.38. The molecular formula is C15H15ClN2O. The lowest BCUT2D eigenvalue weighted by molar-refractivity contribution is 0.0988. The minimum absolute atomic E-state index is 0.133. The number of benzene rings is 1. The molecule has 0 aliphatic carbocycles. The van der Waals surface area contributed by atoms with E-state index in [4.69, 9.17) is 11.6 Å². The fourth-order valence-electron chi connectivity index (χ4n) is 1.93. The lowest BCUT2D eigenvalue weighted by Crippen LogP contribution is -2.31. The second kappa shape index (κ2) is 5.85. The highest BCUT2D eigenvalue weighted by molar-refractivity contribution is 6.33. The van der Waals surface area contributed by atoms with E-state index in [1.165, 1.54) is 0 Å². The maximum absolute atomic E-state index is 12.5. The Hall–Kier alpha value is -1.87. The molecule has 2 rings (SSSR count). The monoisotopic (exact) mass is 274 g/mol. The zero-order chi connectivity index (χ0) is 13.8. The molecule has 19 heavy (non-hydrogen) atoms. The SMILES string of the molecule is CCN(C(=O)c1cccnc1Cl)c1cccc(C)c1. The van der Waals surface area contributed by atoms with Crippen molar-refractivity contribution in [1.29, 1.82) is 0 Å². The summed E-state index contributed by atoms with van der Waals surface area (Å²) in [7, 11) is 0. The van der Waals surface area contributed by atoms with E-state index in [1.54, 1.807) is 23.2 Å². The van der Waals surface area contributed by atoms with Crippen molar-refractivity contribution in [2.45, 2.75) is 13.8 Å². The Bertz CT molecular complexity index is 598. The van der Waals surface area contributed by atoms with Crippen molar-refractivity contribution < 1.29 is 4.79 Å². The fourth-order valence-corrected chi connectivity index (χ4v) is 2.13. The van der Waals surface area contributed by atoms with Crippen molar-refractivity contribution in [3.05, 3.63) is 58.9 Å². The lowest BCUT2D eigenvalue weighted by atomic mass is 10.2. The number of aryl methyl sites for hydroxylation is 1. The molecule has 0 spiro atoms. The Morgan fingerprint density at radius 1 is 1.32 bits per heavy atom. The highest BCUT2D eigenvalue weighted by Crippen LogP contribution is 2.21. The van der Waals surface area contributed by atoms with Crippen LogP contribution < -0.4 is 4.90 Å². The van der Waals surface area contributed by atoms with E-state index in [-0.39, 0.29) is 11.1 Å². The lowest BCUT2D eigenvalue weighted by Gasteiger charge is -2.21. The molecule has 98 valence electrons. The molecule has 0 N–H and O–H groups in total.